The second kappa shape index (κ2) is 9.54. The number of hydroxylamine groups is 1. The first-order valence-corrected chi connectivity index (χ1v) is 8.91. The number of aromatic nitrogens is 3. The molecule has 0 saturated heterocycles. The molecule has 2 aromatic rings. The van der Waals surface area contributed by atoms with E-state index in [-0.39, 0.29) is 12.5 Å². The molecule has 0 aliphatic heterocycles. The lowest BCUT2D eigenvalue weighted by molar-refractivity contribution is -0.131. The number of para-hydroxylation sites is 1. The largest absolute Gasteiger partial charge is 0.332 e. The predicted octanol–water partition coefficient (Wildman–Crippen LogP) is 2.29. The maximum Gasteiger partial charge on any atom is 0.315 e. The van der Waals surface area contributed by atoms with Crippen LogP contribution in [-0.2, 0) is 11.3 Å². The zero-order valence-electron chi connectivity index (χ0n) is 14.7. The van der Waals surface area contributed by atoms with Crippen molar-refractivity contribution in [3.63, 3.8) is 0 Å². The number of hydrogen-bond donors (Lipinski definition) is 4. The van der Waals surface area contributed by atoms with Gasteiger partial charge in [-0.2, -0.15) is 0 Å². The van der Waals surface area contributed by atoms with Gasteiger partial charge in [0.05, 0.1) is 22.8 Å². The summed E-state index contributed by atoms with van der Waals surface area (Å²) in [5.74, 6) is -0.536. The van der Waals surface area contributed by atoms with Crippen molar-refractivity contribution in [2.45, 2.75) is 32.9 Å². The minimum atomic E-state index is -0.854. The van der Waals surface area contributed by atoms with Crippen LogP contribution in [0.15, 0.2) is 24.4 Å². The molecular formula is C16H20Cl2N6O3. The highest BCUT2D eigenvalue weighted by Crippen LogP contribution is 2.27. The van der Waals surface area contributed by atoms with E-state index >= 15 is 0 Å². The first kappa shape index (κ1) is 20.9. The molecule has 11 heteroatoms. The molecule has 1 heterocycles. The van der Waals surface area contributed by atoms with Crippen LogP contribution in [0.2, 0.25) is 10.0 Å². The Morgan fingerprint density at radius 1 is 1.26 bits per heavy atom. The second-order valence-electron chi connectivity index (χ2n) is 6.21. The molecule has 27 heavy (non-hydrogen) atoms. The molecule has 0 aliphatic rings. The number of urea groups is 1. The molecule has 9 nitrogen and oxygen atoms in total. The van der Waals surface area contributed by atoms with Crippen molar-refractivity contribution in [2.24, 2.45) is 5.92 Å². The lowest BCUT2D eigenvalue weighted by Crippen LogP contribution is -2.49. The number of amides is 3. The summed E-state index contributed by atoms with van der Waals surface area (Å²) >= 11 is 12.3. The molecule has 3 amide bonds. The first-order chi connectivity index (χ1) is 12.8. The van der Waals surface area contributed by atoms with Gasteiger partial charge < -0.3 is 10.6 Å². The van der Waals surface area contributed by atoms with E-state index in [9.17, 15) is 9.59 Å². The maximum absolute atomic E-state index is 12.0. The smallest absolute Gasteiger partial charge is 0.315 e. The van der Waals surface area contributed by atoms with Gasteiger partial charge in [0, 0.05) is 0 Å². The number of carbonyl (C=O) groups excluding carboxylic acids is 2. The summed E-state index contributed by atoms with van der Waals surface area (Å²) in [6.07, 6.45) is 1.96. The summed E-state index contributed by atoms with van der Waals surface area (Å²) in [7, 11) is 0. The highest BCUT2D eigenvalue weighted by Gasteiger charge is 2.21. The normalized spacial score (nSPS) is 11.9. The minimum absolute atomic E-state index is 0.0725. The van der Waals surface area contributed by atoms with Crippen molar-refractivity contribution in [2.75, 3.05) is 0 Å². The van der Waals surface area contributed by atoms with Gasteiger partial charge in [-0.15, -0.1) is 5.10 Å². The predicted molar refractivity (Wildman–Crippen MR) is 99.9 cm³/mol. The maximum atomic E-state index is 12.0. The monoisotopic (exact) mass is 414 g/mol. The summed E-state index contributed by atoms with van der Waals surface area (Å²) in [5, 5.41) is 22.6. The van der Waals surface area contributed by atoms with Crippen molar-refractivity contribution in [1.29, 1.82) is 0 Å². The molecule has 0 bridgehead atoms. The Balaban J connectivity index is 1.98. The molecule has 1 aromatic heterocycles. The molecule has 2 rings (SSSR count). The SMILES string of the molecule is CC(C)C[C@H](NC(=O)NCc1cn(-c2c(Cl)cccc2Cl)nn1)C(=O)NO. The third-order valence-electron chi connectivity index (χ3n) is 3.58. The molecule has 1 atom stereocenters. The van der Waals surface area contributed by atoms with Gasteiger partial charge in [-0.3, -0.25) is 10.0 Å². The Morgan fingerprint density at radius 2 is 1.93 bits per heavy atom. The van der Waals surface area contributed by atoms with Gasteiger partial charge in [-0.1, -0.05) is 48.3 Å². The molecular weight excluding hydrogens is 395 g/mol. The summed E-state index contributed by atoms with van der Waals surface area (Å²) in [6.45, 7) is 3.87. The number of benzene rings is 1. The number of nitrogens with zero attached hydrogens (tertiary/aromatic N) is 3. The lowest BCUT2D eigenvalue weighted by Gasteiger charge is -2.18. The van der Waals surface area contributed by atoms with Gasteiger partial charge in [0.2, 0.25) is 0 Å². The first-order valence-electron chi connectivity index (χ1n) is 8.15. The number of halogens is 2. The van der Waals surface area contributed by atoms with Crippen LogP contribution >= 0.6 is 23.2 Å². The number of carbonyl (C=O) groups is 2. The van der Waals surface area contributed by atoms with Gasteiger partial charge in [0.1, 0.15) is 17.4 Å². The van der Waals surface area contributed by atoms with Crippen LogP contribution in [0, 0.1) is 5.92 Å². The topological polar surface area (TPSA) is 121 Å². The Labute approximate surface area is 166 Å². The number of nitrogens with one attached hydrogen (secondary N) is 3. The molecule has 1 aromatic carbocycles. The fraction of sp³-hybridized carbons (Fsp3) is 0.375. The molecule has 0 saturated carbocycles. The molecule has 146 valence electrons. The van der Waals surface area contributed by atoms with Crippen LogP contribution in [-0.4, -0.2) is 38.2 Å². The number of hydrogen-bond acceptors (Lipinski definition) is 5. The number of rotatable bonds is 7. The van der Waals surface area contributed by atoms with Crippen molar-refractivity contribution >= 4 is 35.1 Å². The summed E-state index contributed by atoms with van der Waals surface area (Å²) < 4.78 is 1.42. The zero-order valence-corrected chi connectivity index (χ0v) is 16.3. The van der Waals surface area contributed by atoms with Gasteiger partial charge >= 0.3 is 6.03 Å². The molecule has 4 N–H and O–H groups in total. The van der Waals surface area contributed by atoms with E-state index in [0.29, 0.717) is 27.8 Å². The molecule has 0 unspecified atom stereocenters. The van der Waals surface area contributed by atoms with Gasteiger partial charge in [0.25, 0.3) is 5.91 Å². The van der Waals surface area contributed by atoms with Crippen LogP contribution in [0.1, 0.15) is 26.0 Å². The zero-order chi connectivity index (χ0) is 20.0. The molecule has 0 fully saturated rings. The Bertz CT molecular complexity index is 791. The van der Waals surface area contributed by atoms with Crippen LogP contribution < -0.4 is 16.1 Å². The van der Waals surface area contributed by atoms with E-state index < -0.39 is 18.0 Å². The van der Waals surface area contributed by atoms with E-state index in [2.05, 4.69) is 20.9 Å². The Morgan fingerprint density at radius 3 is 2.52 bits per heavy atom. The standard InChI is InChI=1S/C16H20Cl2N6O3/c1-9(2)6-13(15(25)22-27)20-16(26)19-7-10-8-24(23-21-10)14-11(17)4-3-5-12(14)18/h3-5,8-9,13,27H,6-7H2,1-2H3,(H,22,25)(H2,19,20,26)/t13-/m0/s1. The van der Waals surface area contributed by atoms with Crippen molar-refractivity contribution in [3.8, 4) is 5.69 Å². The Hall–Kier alpha value is -2.36. The average molecular weight is 415 g/mol. The van der Waals surface area contributed by atoms with E-state index in [0.717, 1.165) is 0 Å². The highest BCUT2D eigenvalue weighted by molar-refractivity contribution is 6.37. The summed E-state index contributed by atoms with van der Waals surface area (Å²) in [4.78, 5) is 23.7. The van der Waals surface area contributed by atoms with Crippen LogP contribution in [0.5, 0.6) is 0 Å². The quantitative estimate of drug-likeness (QED) is 0.409. The second-order valence-corrected chi connectivity index (χ2v) is 7.02. The fourth-order valence-electron chi connectivity index (χ4n) is 2.36. The Kier molecular flexibility index (Phi) is 7.40. The minimum Gasteiger partial charge on any atom is -0.332 e. The summed E-state index contributed by atoms with van der Waals surface area (Å²) in [6, 6.07) is 3.64. The van der Waals surface area contributed by atoms with Crippen molar-refractivity contribution in [3.05, 3.63) is 40.1 Å². The molecule has 0 radical (unpaired) electrons. The third kappa shape index (κ3) is 5.81. The lowest BCUT2D eigenvalue weighted by atomic mass is 10.0. The van der Waals surface area contributed by atoms with Gasteiger partial charge in [0.15, 0.2) is 0 Å². The van der Waals surface area contributed by atoms with Crippen molar-refractivity contribution in [1.82, 2.24) is 31.1 Å². The molecule has 0 spiro atoms. The van der Waals surface area contributed by atoms with E-state index in [1.807, 2.05) is 13.8 Å². The fourth-order valence-corrected chi connectivity index (χ4v) is 2.93. The van der Waals surface area contributed by atoms with Gasteiger partial charge in [-0.05, 0) is 24.5 Å². The van der Waals surface area contributed by atoms with Crippen LogP contribution in [0.3, 0.4) is 0 Å². The summed E-state index contributed by atoms with van der Waals surface area (Å²) in [5.41, 5.74) is 2.50. The van der Waals surface area contributed by atoms with E-state index in [4.69, 9.17) is 28.4 Å². The van der Waals surface area contributed by atoms with Gasteiger partial charge in [-0.25, -0.2) is 15.0 Å². The molecule has 0 aliphatic carbocycles. The average Bonchev–Trinajstić information content (AvgIpc) is 3.06. The van der Waals surface area contributed by atoms with E-state index in [1.54, 1.807) is 29.9 Å². The third-order valence-corrected chi connectivity index (χ3v) is 4.19. The van der Waals surface area contributed by atoms with Crippen LogP contribution in [0.25, 0.3) is 5.69 Å². The van der Waals surface area contributed by atoms with Crippen LogP contribution in [0.4, 0.5) is 4.79 Å². The van der Waals surface area contributed by atoms with E-state index in [1.165, 1.54) is 4.68 Å². The highest BCUT2D eigenvalue weighted by atomic mass is 35.5. The van der Waals surface area contributed by atoms with Crippen molar-refractivity contribution < 1.29 is 14.8 Å².